The molecule has 25 heavy (non-hydrogen) atoms. The van der Waals surface area contributed by atoms with Gasteiger partial charge in [-0.05, 0) is 0 Å². The summed E-state index contributed by atoms with van der Waals surface area (Å²) in [6, 6.07) is 0. The van der Waals surface area contributed by atoms with E-state index in [9.17, 15) is 19.8 Å². The molecule has 2 aromatic heterocycles. The largest absolute Gasteiger partial charge is 0.394 e. The van der Waals surface area contributed by atoms with E-state index >= 15 is 0 Å². The van der Waals surface area contributed by atoms with Crippen LogP contribution in [0.1, 0.15) is 20.1 Å². The maximum Gasteiger partial charge on any atom is 0.282 e. The van der Waals surface area contributed by atoms with Gasteiger partial charge in [0.25, 0.3) is 5.56 Å². The number of nitrogens with zero attached hydrogens (tertiary/aromatic N) is 4. The zero-order chi connectivity index (χ0) is 18.3. The van der Waals surface area contributed by atoms with Crippen LogP contribution in [0.2, 0.25) is 0 Å². The molecule has 3 heterocycles. The predicted octanol–water partition coefficient (Wildman–Crippen LogP) is -2.28. The number of aliphatic hydroxyl groups is 3. The maximum atomic E-state index is 12.1. The van der Waals surface area contributed by atoms with Crippen molar-refractivity contribution in [2.75, 3.05) is 11.9 Å². The number of aliphatic hydroxyl groups excluding tert-OH is 3. The number of ether oxygens (including phenoxy) is 1. The molecule has 2 aromatic rings. The Morgan fingerprint density at radius 3 is 2.72 bits per heavy atom. The molecule has 12 heteroatoms. The fourth-order valence-corrected chi connectivity index (χ4v) is 2.41. The number of anilines is 1. The monoisotopic (exact) mass is 354 g/mol. The van der Waals surface area contributed by atoms with Crippen molar-refractivity contribution in [3.05, 3.63) is 10.4 Å². The number of rotatable bonds is 4. The topological polar surface area (TPSA) is 175 Å². The third-order valence-electron chi connectivity index (χ3n) is 3.86. The lowest BCUT2D eigenvalue weighted by atomic mass is 10.1. The molecule has 5 N–H and O–H groups in total. The second-order valence-corrected chi connectivity index (χ2v) is 5.99. The quantitative estimate of drug-likeness (QED) is 0.405. The first-order valence-electron chi connectivity index (χ1n) is 7.62. The number of aromatic nitrogens is 5. The number of nitrogens with one attached hydrogen (secondary N) is 2. The highest BCUT2D eigenvalue weighted by molar-refractivity contribution is 5.90. The van der Waals surface area contributed by atoms with Gasteiger partial charge in [-0.3, -0.25) is 19.9 Å². The average molecular weight is 354 g/mol. The van der Waals surface area contributed by atoms with Crippen LogP contribution in [0.5, 0.6) is 0 Å². The van der Waals surface area contributed by atoms with Crippen LogP contribution in [-0.4, -0.2) is 71.1 Å². The minimum Gasteiger partial charge on any atom is -0.394 e. The summed E-state index contributed by atoms with van der Waals surface area (Å²) < 4.78 is 6.38. The van der Waals surface area contributed by atoms with Crippen LogP contribution < -0.4 is 10.9 Å². The van der Waals surface area contributed by atoms with E-state index in [0.717, 1.165) is 4.68 Å². The zero-order valence-electron chi connectivity index (χ0n) is 13.4. The number of carbonyl (C=O) groups excluding carboxylic acids is 1. The van der Waals surface area contributed by atoms with E-state index in [1.807, 2.05) is 0 Å². The van der Waals surface area contributed by atoms with E-state index in [4.69, 9.17) is 9.84 Å². The predicted molar refractivity (Wildman–Crippen MR) is 82.4 cm³/mol. The molecule has 0 radical (unpaired) electrons. The molecule has 1 aliphatic heterocycles. The Hall–Kier alpha value is -2.41. The lowest BCUT2D eigenvalue weighted by Gasteiger charge is -2.14. The Morgan fingerprint density at radius 2 is 2.12 bits per heavy atom. The SMILES string of the molecule is CC(C)C(=O)Nc1nc2c(nnn2[C@@H]2O[C@H](CO)[C@@H](O)[C@H]2O)c(=O)[nH]1. The molecule has 0 bridgehead atoms. The highest BCUT2D eigenvalue weighted by Crippen LogP contribution is 2.30. The molecule has 0 aromatic carbocycles. The van der Waals surface area contributed by atoms with Crippen molar-refractivity contribution in [2.24, 2.45) is 5.92 Å². The fraction of sp³-hybridized carbons (Fsp3) is 0.615. The molecule has 0 saturated carbocycles. The minimum absolute atomic E-state index is 0.0438. The van der Waals surface area contributed by atoms with E-state index in [0.29, 0.717) is 0 Å². The molecule has 0 unspecified atom stereocenters. The van der Waals surface area contributed by atoms with Crippen molar-refractivity contribution < 1.29 is 24.9 Å². The minimum atomic E-state index is -1.41. The molecule has 4 atom stereocenters. The van der Waals surface area contributed by atoms with Crippen LogP contribution in [-0.2, 0) is 9.53 Å². The fourth-order valence-electron chi connectivity index (χ4n) is 2.41. The summed E-state index contributed by atoms with van der Waals surface area (Å²) >= 11 is 0. The standard InChI is InChI=1S/C13H18N6O6/c1-4(2)10(23)15-13-14-9-6(11(24)16-13)17-18-19(9)12-8(22)7(21)5(3-20)25-12/h4-5,7-8,12,20-22H,3H2,1-2H3,(H2,14,15,16,23,24)/t5-,7-,8-,12-/m1/s1. The molecular formula is C13H18N6O6. The maximum absolute atomic E-state index is 12.1. The molecule has 1 saturated heterocycles. The third-order valence-corrected chi connectivity index (χ3v) is 3.86. The lowest BCUT2D eigenvalue weighted by Crippen LogP contribution is -2.33. The first kappa shape index (κ1) is 17.4. The summed E-state index contributed by atoms with van der Waals surface area (Å²) in [7, 11) is 0. The van der Waals surface area contributed by atoms with Crippen molar-refractivity contribution in [2.45, 2.75) is 38.4 Å². The molecule has 136 valence electrons. The van der Waals surface area contributed by atoms with Crippen LogP contribution in [0.3, 0.4) is 0 Å². The number of amides is 1. The van der Waals surface area contributed by atoms with Crippen LogP contribution in [0, 0.1) is 5.92 Å². The third kappa shape index (κ3) is 3.00. The summed E-state index contributed by atoms with van der Waals surface area (Å²) in [5.41, 5.74) is -0.806. The van der Waals surface area contributed by atoms with Crippen LogP contribution in [0.15, 0.2) is 4.79 Å². The Bertz CT molecular complexity index is 847. The molecule has 0 spiro atoms. The second kappa shape index (κ2) is 6.48. The number of hydrogen-bond acceptors (Lipinski definition) is 9. The van der Waals surface area contributed by atoms with Crippen molar-refractivity contribution in [3.8, 4) is 0 Å². The zero-order valence-corrected chi connectivity index (χ0v) is 13.4. The van der Waals surface area contributed by atoms with Gasteiger partial charge in [0, 0.05) is 5.92 Å². The molecule has 12 nitrogen and oxygen atoms in total. The first-order chi connectivity index (χ1) is 11.8. The van der Waals surface area contributed by atoms with Gasteiger partial charge in [-0.15, -0.1) is 5.10 Å². The van der Waals surface area contributed by atoms with E-state index < -0.39 is 36.7 Å². The van der Waals surface area contributed by atoms with E-state index in [-0.39, 0.29) is 28.9 Å². The lowest BCUT2D eigenvalue weighted by molar-refractivity contribution is -0.118. The molecule has 0 aliphatic carbocycles. The Kier molecular flexibility index (Phi) is 4.51. The number of H-pyrrole nitrogens is 1. The van der Waals surface area contributed by atoms with Gasteiger partial charge in [0.05, 0.1) is 6.61 Å². The van der Waals surface area contributed by atoms with Crippen molar-refractivity contribution in [1.82, 2.24) is 25.0 Å². The van der Waals surface area contributed by atoms with Gasteiger partial charge < -0.3 is 20.1 Å². The van der Waals surface area contributed by atoms with Crippen LogP contribution >= 0.6 is 0 Å². The summed E-state index contributed by atoms with van der Waals surface area (Å²) in [5.74, 6) is -0.787. The number of aromatic amines is 1. The first-order valence-corrected chi connectivity index (χ1v) is 7.62. The smallest absolute Gasteiger partial charge is 0.282 e. The van der Waals surface area contributed by atoms with Gasteiger partial charge in [-0.1, -0.05) is 19.1 Å². The van der Waals surface area contributed by atoms with Gasteiger partial charge in [-0.25, -0.2) is 0 Å². The average Bonchev–Trinajstić information content (AvgIpc) is 3.10. The molecule has 1 aliphatic rings. The number of carbonyl (C=O) groups is 1. The van der Waals surface area contributed by atoms with Gasteiger partial charge in [-0.2, -0.15) is 9.67 Å². The van der Waals surface area contributed by atoms with Gasteiger partial charge >= 0.3 is 0 Å². The molecular weight excluding hydrogens is 336 g/mol. The number of fused-ring (bicyclic) bond motifs is 1. The van der Waals surface area contributed by atoms with E-state index in [2.05, 4.69) is 25.6 Å². The van der Waals surface area contributed by atoms with Crippen LogP contribution in [0.4, 0.5) is 5.95 Å². The van der Waals surface area contributed by atoms with Crippen molar-refractivity contribution in [1.29, 1.82) is 0 Å². The number of hydrogen-bond donors (Lipinski definition) is 5. The van der Waals surface area contributed by atoms with Crippen LogP contribution in [0.25, 0.3) is 11.2 Å². The van der Waals surface area contributed by atoms with E-state index in [1.54, 1.807) is 13.8 Å². The summed E-state index contributed by atoms with van der Waals surface area (Å²) in [6.07, 6.45) is -4.95. The molecule has 1 fully saturated rings. The van der Waals surface area contributed by atoms with Gasteiger partial charge in [0.15, 0.2) is 17.4 Å². The van der Waals surface area contributed by atoms with Crippen molar-refractivity contribution in [3.63, 3.8) is 0 Å². The Labute approximate surface area is 140 Å². The van der Waals surface area contributed by atoms with E-state index in [1.165, 1.54) is 0 Å². The summed E-state index contributed by atoms with van der Waals surface area (Å²) in [5, 5.41) is 39.0. The normalized spacial score (nSPS) is 26.5. The molecule has 3 rings (SSSR count). The van der Waals surface area contributed by atoms with Gasteiger partial charge in [0.1, 0.15) is 18.3 Å². The summed E-state index contributed by atoms with van der Waals surface area (Å²) in [4.78, 5) is 30.3. The Balaban J connectivity index is 2.01. The second-order valence-electron chi connectivity index (χ2n) is 5.99. The van der Waals surface area contributed by atoms with Gasteiger partial charge in [0.2, 0.25) is 11.9 Å². The highest BCUT2D eigenvalue weighted by Gasteiger charge is 2.44. The highest BCUT2D eigenvalue weighted by atomic mass is 16.6. The van der Waals surface area contributed by atoms with Crippen molar-refractivity contribution >= 4 is 23.0 Å². The summed E-state index contributed by atoms with van der Waals surface area (Å²) in [6.45, 7) is 2.85. The molecule has 1 amide bonds. The Morgan fingerprint density at radius 1 is 1.40 bits per heavy atom.